The Balaban J connectivity index is 1.97. The van der Waals surface area contributed by atoms with Crippen molar-refractivity contribution in [2.45, 2.75) is 5.37 Å². The molecular formula is C15H12ClNS. The predicted molar refractivity (Wildman–Crippen MR) is 79.8 cm³/mol. The number of halogens is 1. The molecule has 1 aliphatic rings. The molecule has 1 unspecified atom stereocenters. The minimum Gasteiger partial charge on any atom is -0.329 e. The lowest BCUT2D eigenvalue weighted by Crippen LogP contribution is -2.17. The first-order valence-corrected chi connectivity index (χ1v) is 7.08. The van der Waals surface area contributed by atoms with Gasteiger partial charge in [0, 0.05) is 6.20 Å². The van der Waals surface area contributed by atoms with E-state index in [1.54, 1.807) is 11.8 Å². The highest BCUT2D eigenvalue weighted by Gasteiger charge is 2.24. The molecule has 1 heterocycles. The van der Waals surface area contributed by atoms with Crippen LogP contribution >= 0.6 is 23.4 Å². The molecule has 0 fully saturated rings. The summed E-state index contributed by atoms with van der Waals surface area (Å²) in [6, 6.07) is 18.4. The van der Waals surface area contributed by atoms with Gasteiger partial charge in [-0.3, -0.25) is 0 Å². The number of benzene rings is 2. The molecule has 2 aromatic rings. The van der Waals surface area contributed by atoms with Crippen molar-refractivity contribution in [3.05, 3.63) is 76.8 Å². The van der Waals surface area contributed by atoms with Crippen LogP contribution in [-0.2, 0) is 0 Å². The zero-order valence-electron chi connectivity index (χ0n) is 9.66. The van der Waals surface area contributed by atoms with E-state index >= 15 is 0 Å². The van der Waals surface area contributed by atoms with Crippen molar-refractivity contribution < 1.29 is 0 Å². The topological polar surface area (TPSA) is 3.24 Å². The Morgan fingerprint density at radius 3 is 2.44 bits per heavy atom. The SMILES string of the molecule is Clc1ccccc1N1C=CSC1c1ccccc1. The van der Waals surface area contributed by atoms with Crippen LogP contribution in [0.3, 0.4) is 0 Å². The number of rotatable bonds is 2. The summed E-state index contributed by atoms with van der Waals surface area (Å²) in [6.07, 6.45) is 2.09. The third kappa shape index (κ3) is 2.14. The van der Waals surface area contributed by atoms with E-state index < -0.39 is 0 Å². The van der Waals surface area contributed by atoms with E-state index in [-0.39, 0.29) is 5.37 Å². The Morgan fingerprint density at radius 1 is 0.944 bits per heavy atom. The molecule has 3 rings (SSSR count). The van der Waals surface area contributed by atoms with Crippen LogP contribution in [0.1, 0.15) is 10.9 Å². The van der Waals surface area contributed by atoms with Crippen molar-refractivity contribution in [3.63, 3.8) is 0 Å². The third-order valence-corrected chi connectivity index (χ3v) is 4.25. The zero-order valence-corrected chi connectivity index (χ0v) is 11.2. The number of nitrogens with zero attached hydrogens (tertiary/aromatic N) is 1. The molecule has 0 spiro atoms. The van der Waals surface area contributed by atoms with Gasteiger partial charge in [-0.2, -0.15) is 0 Å². The second-order valence-electron chi connectivity index (χ2n) is 4.04. The maximum atomic E-state index is 6.27. The Hall–Kier alpha value is -1.38. The summed E-state index contributed by atoms with van der Waals surface area (Å²) in [4.78, 5) is 2.21. The van der Waals surface area contributed by atoms with E-state index in [4.69, 9.17) is 11.6 Å². The number of hydrogen-bond donors (Lipinski definition) is 0. The average Bonchev–Trinajstić information content (AvgIpc) is 2.89. The van der Waals surface area contributed by atoms with Gasteiger partial charge in [-0.15, -0.1) is 11.8 Å². The highest BCUT2D eigenvalue weighted by Crippen LogP contribution is 2.43. The molecule has 1 aliphatic heterocycles. The molecule has 1 atom stereocenters. The van der Waals surface area contributed by atoms with Crippen LogP contribution in [-0.4, -0.2) is 0 Å². The van der Waals surface area contributed by atoms with Crippen molar-refractivity contribution in [2.24, 2.45) is 0 Å². The van der Waals surface area contributed by atoms with Crippen molar-refractivity contribution >= 4 is 29.1 Å². The van der Waals surface area contributed by atoms with E-state index in [1.165, 1.54) is 5.56 Å². The van der Waals surface area contributed by atoms with Crippen LogP contribution in [0.4, 0.5) is 5.69 Å². The molecule has 90 valence electrons. The minimum atomic E-state index is 0.270. The van der Waals surface area contributed by atoms with Gasteiger partial charge in [-0.25, -0.2) is 0 Å². The van der Waals surface area contributed by atoms with Crippen molar-refractivity contribution in [3.8, 4) is 0 Å². The maximum absolute atomic E-state index is 6.27. The Morgan fingerprint density at radius 2 is 1.67 bits per heavy atom. The lowest BCUT2D eigenvalue weighted by molar-refractivity contribution is 0.958. The van der Waals surface area contributed by atoms with E-state index in [9.17, 15) is 0 Å². The summed E-state index contributed by atoms with van der Waals surface area (Å²) in [7, 11) is 0. The highest BCUT2D eigenvalue weighted by molar-refractivity contribution is 8.02. The monoisotopic (exact) mass is 273 g/mol. The fourth-order valence-electron chi connectivity index (χ4n) is 2.04. The number of thioether (sulfide) groups is 1. The third-order valence-electron chi connectivity index (χ3n) is 2.90. The highest BCUT2D eigenvalue weighted by atomic mass is 35.5. The molecule has 0 amide bonds. The van der Waals surface area contributed by atoms with Gasteiger partial charge in [-0.05, 0) is 23.1 Å². The number of para-hydroxylation sites is 1. The molecule has 2 aromatic carbocycles. The number of hydrogen-bond acceptors (Lipinski definition) is 2. The zero-order chi connectivity index (χ0) is 12.4. The quantitative estimate of drug-likeness (QED) is 0.752. The van der Waals surface area contributed by atoms with Crippen LogP contribution in [0, 0.1) is 0 Å². The molecule has 0 bridgehead atoms. The van der Waals surface area contributed by atoms with Gasteiger partial charge in [0.2, 0.25) is 0 Å². The Kier molecular flexibility index (Phi) is 3.31. The first-order valence-electron chi connectivity index (χ1n) is 5.76. The van der Waals surface area contributed by atoms with Crippen molar-refractivity contribution in [1.82, 2.24) is 0 Å². The summed E-state index contributed by atoms with van der Waals surface area (Å²) in [5.74, 6) is 0. The van der Waals surface area contributed by atoms with Gasteiger partial charge in [0.15, 0.2) is 0 Å². The summed E-state index contributed by atoms with van der Waals surface area (Å²) in [6.45, 7) is 0. The summed E-state index contributed by atoms with van der Waals surface area (Å²) in [5, 5.41) is 3.16. The van der Waals surface area contributed by atoms with E-state index in [1.807, 2.05) is 24.3 Å². The normalized spacial score (nSPS) is 18.3. The van der Waals surface area contributed by atoms with E-state index in [0.717, 1.165) is 10.7 Å². The van der Waals surface area contributed by atoms with Gasteiger partial charge in [-0.1, -0.05) is 54.1 Å². The van der Waals surface area contributed by atoms with Crippen LogP contribution in [0.2, 0.25) is 5.02 Å². The molecule has 0 N–H and O–H groups in total. The van der Waals surface area contributed by atoms with Crippen molar-refractivity contribution in [1.29, 1.82) is 0 Å². The fourth-order valence-corrected chi connectivity index (χ4v) is 3.26. The first-order chi connectivity index (χ1) is 8.86. The Bertz CT molecular complexity index is 568. The number of anilines is 1. The molecule has 1 nitrogen and oxygen atoms in total. The summed E-state index contributed by atoms with van der Waals surface area (Å²) >= 11 is 8.07. The lowest BCUT2D eigenvalue weighted by atomic mass is 10.2. The van der Waals surface area contributed by atoms with Gasteiger partial charge in [0.05, 0.1) is 10.7 Å². The Labute approximate surface area is 116 Å². The van der Waals surface area contributed by atoms with E-state index in [2.05, 4.69) is 46.8 Å². The minimum absolute atomic E-state index is 0.270. The summed E-state index contributed by atoms with van der Waals surface area (Å²) < 4.78 is 0. The molecule has 0 aliphatic carbocycles. The maximum Gasteiger partial charge on any atom is 0.109 e. The van der Waals surface area contributed by atoms with Gasteiger partial charge >= 0.3 is 0 Å². The van der Waals surface area contributed by atoms with Gasteiger partial charge in [0.1, 0.15) is 5.37 Å². The smallest absolute Gasteiger partial charge is 0.109 e. The predicted octanol–water partition coefficient (Wildman–Crippen LogP) is 5.06. The first kappa shape index (κ1) is 11.7. The van der Waals surface area contributed by atoms with Crippen LogP contribution in [0.5, 0.6) is 0 Å². The standard InChI is InChI=1S/C15H12ClNS/c16-13-8-4-5-9-14(13)17-10-11-18-15(17)12-6-2-1-3-7-12/h1-11,15H. The molecule has 3 heteroatoms. The van der Waals surface area contributed by atoms with Crippen LogP contribution in [0.25, 0.3) is 0 Å². The van der Waals surface area contributed by atoms with Crippen molar-refractivity contribution in [2.75, 3.05) is 4.90 Å². The molecule has 0 saturated carbocycles. The fraction of sp³-hybridized carbons (Fsp3) is 0.0667. The molecular weight excluding hydrogens is 262 g/mol. The average molecular weight is 274 g/mol. The largest absolute Gasteiger partial charge is 0.329 e. The second kappa shape index (κ2) is 5.09. The molecule has 18 heavy (non-hydrogen) atoms. The molecule has 0 aromatic heterocycles. The van der Waals surface area contributed by atoms with Gasteiger partial charge < -0.3 is 4.90 Å². The molecule has 0 radical (unpaired) electrons. The lowest BCUT2D eigenvalue weighted by Gasteiger charge is -2.26. The molecule has 0 saturated heterocycles. The van der Waals surface area contributed by atoms with Crippen LogP contribution < -0.4 is 4.90 Å². The van der Waals surface area contributed by atoms with Gasteiger partial charge in [0.25, 0.3) is 0 Å². The van der Waals surface area contributed by atoms with Crippen LogP contribution in [0.15, 0.2) is 66.2 Å². The van der Waals surface area contributed by atoms with E-state index in [0.29, 0.717) is 0 Å². The second-order valence-corrected chi connectivity index (χ2v) is 5.44. The summed E-state index contributed by atoms with van der Waals surface area (Å²) in [5.41, 5.74) is 2.33.